The Balaban J connectivity index is 1.81. The van der Waals surface area contributed by atoms with Crippen LogP contribution in [0.2, 0.25) is 5.02 Å². The van der Waals surface area contributed by atoms with Crippen molar-refractivity contribution in [1.29, 1.82) is 0 Å². The van der Waals surface area contributed by atoms with Crippen molar-refractivity contribution >= 4 is 52.1 Å². The number of halogens is 1. The predicted molar refractivity (Wildman–Crippen MR) is 117 cm³/mol. The van der Waals surface area contributed by atoms with Gasteiger partial charge in [-0.1, -0.05) is 23.7 Å². The highest BCUT2D eigenvalue weighted by Gasteiger charge is 2.55. The zero-order valence-corrected chi connectivity index (χ0v) is 17.7. The molecule has 1 atom stereocenters. The Hall–Kier alpha value is -3.36. The van der Waals surface area contributed by atoms with Gasteiger partial charge in [-0.25, -0.2) is 4.79 Å². The number of thiophene rings is 1. The van der Waals surface area contributed by atoms with Crippen LogP contribution in [0.4, 0.5) is 11.4 Å². The minimum atomic E-state index is -1.34. The maximum atomic E-state index is 13.2. The topological polar surface area (TPSA) is 105 Å². The maximum Gasteiger partial charge on any atom is 0.346 e. The number of rotatable bonds is 3. The number of ether oxygens (including phenoxy) is 1. The van der Waals surface area contributed by atoms with Crippen molar-refractivity contribution in [2.45, 2.75) is 11.8 Å². The molecule has 0 radical (unpaired) electrons. The normalized spacial score (nSPS) is 18.9. The molecule has 0 aliphatic carbocycles. The van der Waals surface area contributed by atoms with Gasteiger partial charge in [0.25, 0.3) is 0 Å². The van der Waals surface area contributed by atoms with E-state index in [1.165, 1.54) is 7.11 Å². The molecule has 0 saturated carbocycles. The van der Waals surface area contributed by atoms with Crippen LogP contribution in [0.15, 0.2) is 42.5 Å². The van der Waals surface area contributed by atoms with Crippen LogP contribution in [0.5, 0.6) is 5.75 Å². The van der Waals surface area contributed by atoms with E-state index < -0.39 is 11.4 Å². The van der Waals surface area contributed by atoms with Gasteiger partial charge in [-0.2, -0.15) is 0 Å². The number of hydrogen-bond donors (Lipinski definition) is 3. The van der Waals surface area contributed by atoms with Gasteiger partial charge in [-0.05, 0) is 41.5 Å². The standard InChI is InChI=1S/C22H15ClN2O5S/c1-30-12-5-2-10(3-6-12)16-17-19(31-18(16)20(27)28)22(9-15(26)25-17)13-8-11(23)4-7-14(13)24-21(22)29/h2-8H,9H2,1H3,(H,24,29)(H,25,26)(H,27,28)/t22-/m1/s1. The zero-order valence-electron chi connectivity index (χ0n) is 16.1. The SMILES string of the molecule is COc1ccc(-c2c(C(=O)O)sc3c2NC(=O)C[C@]32C(=O)Nc3ccc(Cl)cc32)cc1. The van der Waals surface area contributed by atoms with Crippen LogP contribution in [0.25, 0.3) is 11.1 Å². The van der Waals surface area contributed by atoms with Crippen LogP contribution in [-0.4, -0.2) is 30.0 Å². The second-order valence-corrected chi connectivity index (χ2v) is 8.78. The Bertz CT molecular complexity index is 1280. The number of methoxy groups -OCH3 is 1. The summed E-state index contributed by atoms with van der Waals surface area (Å²) in [6.07, 6.45) is -0.138. The van der Waals surface area contributed by atoms with Crippen molar-refractivity contribution < 1.29 is 24.2 Å². The third-order valence-electron chi connectivity index (χ3n) is 5.64. The van der Waals surface area contributed by atoms with Gasteiger partial charge in [-0.15, -0.1) is 11.3 Å². The first-order chi connectivity index (χ1) is 14.8. The summed E-state index contributed by atoms with van der Waals surface area (Å²) in [6, 6.07) is 11.9. The van der Waals surface area contributed by atoms with E-state index in [1.807, 2.05) is 0 Å². The fourth-order valence-corrected chi connectivity index (χ4v) is 5.76. The van der Waals surface area contributed by atoms with Gasteiger partial charge < -0.3 is 20.5 Å². The van der Waals surface area contributed by atoms with Gasteiger partial charge in [0.15, 0.2) is 0 Å². The minimum absolute atomic E-state index is 0.0417. The summed E-state index contributed by atoms with van der Waals surface area (Å²) >= 11 is 7.20. The Morgan fingerprint density at radius 1 is 1.16 bits per heavy atom. The summed E-state index contributed by atoms with van der Waals surface area (Å²) in [5.41, 5.74) is 1.10. The Morgan fingerprint density at radius 3 is 2.58 bits per heavy atom. The first-order valence-corrected chi connectivity index (χ1v) is 10.5. The molecule has 1 spiro atoms. The third-order valence-corrected chi connectivity index (χ3v) is 7.21. The van der Waals surface area contributed by atoms with E-state index in [9.17, 15) is 19.5 Å². The van der Waals surface area contributed by atoms with Gasteiger partial charge in [0.1, 0.15) is 16.0 Å². The predicted octanol–water partition coefficient (Wildman–Crippen LogP) is 4.36. The molecule has 3 N–H and O–H groups in total. The number of benzene rings is 2. The summed E-state index contributed by atoms with van der Waals surface area (Å²) in [4.78, 5) is 38.7. The summed E-state index contributed by atoms with van der Waals surface area (Å²) in [6.45, 7) is 0. The van der Waals surface area contributed by atoms with E-state index in [0.717, 1.165) is 11.3 Å². The summed E-state index contributed by atoms with van der Waals surface area (Å²) in [5.74, 6) is -1.27. The second kappa shape index (κ2) is 6.83. The van der Waals surface area contributed by atoms with E-state index in [4.69, 9.17) is 16.3 Å². The number of carboxylic acid groups (broad SMARTS) is 1. The average molecular weight is 455 g/mol. The first kappa shape index (κ1) is 19.6. The Morgan fingerprint density at radius 2 is 1.90 bits per heavy atom. The Labute approximate surface area is 185 Å². The molecular formula is C22H15ClN2O5S. The number of amides is 2. The van der Waals surface area contributed by atoms with E-state index in [0.29, 0.717) is 43.7 Å². The van der Waals surface area contributed by atoms with Crippen LogP contribution >= 0.6 is 22.9 Å². The minimum Gasteiger partial charge on any atom is -0.497 e. The van der Waals surface area contributed by atoms with Crippen molar-refractivity contribution in [3.63, 3.8) is 0 Å². The van der Waals surface area contributed by atoms with Crippen molar-refractivity contribution in [1.82, 2.24) is 0 Å². The molecule has 0 fully saturated rings. The highest BCUT2D eigenvalue weighted by Crippen LogP contribution is 2.56. The number of aromatic carboxylic acids is 1. The van der Waals surface area contributed by atoms with Gasteiger partial charge in [0.05, 0.1) is 24.1 Å². The molecule has 2 aliphatic heterocycles. The quantitative estimate of drug-likeness (QED) is 0.545. The lowest BCUT2D eigenvalue weighted by molar-refractivity contribution is -0.125. The molecule has 2 amide bonds. The maximum absolute atomic E-state index is 13.2. The second-order valence-electron chi connectivity index (χ2n) is 7.32. The number of hydrogen-bond acceptors (Lipinski definition) is 5. The number of carbonyl (C=O) groups excluding carboxylic acids is 2. The molecule has 0 bridgehead atoms. The van der Waals surface area contributed by atoms with Gasteiger partial charge in [0.2, 0.25) is 11.8 Å². The largest absolute Gasteiger partial charge is 0.497 e. The lowest BCUT2D eigenvalue weighted by Crippen LogP contribution is -2.42. The molecule has 1 aromatic heterocycles. The van der Waals surface area contributed by atoms with E-state index in [2.05, 4.69) is 10.6 Å². The summed E-state index contributed by atoms with van der Waals surface area (Å²) in [5, 5.41) is 16.0. The van der Waals surface area contributed by atoms with Crippen molar-refractivity contribution in [3.8, 4) is 16.9 Å². The molecule has 9 heteroatoms. The van der Waals surface area contributed by atoms with Crippen molar-refractivity contribution in [2.24, 2.45) is 0 Å². The van der Waals surface area contributed by atoms with E-state index in [1.54, 1.807) is 42.5 Å². The number of nitrogens with one attached hydrogen (secondary N) is 2. The van der Waals surface area contributed by atoms with E-state index >= 15 is 0 Å². The molecule has 3 aromatic rings. The molecule has 0 saturated heterocycles. The molecule has 2 aromatic carbocycles. The first-order valence-electron chi connectivity index (χ1n) is 9.31. The monoisotopic (exact) mass is 454 g/mol. The van der Waals surface area contributed by atoms with E-state index in [-0.39, 0.29) is 23.1 Å². The molecule has 7 nitrogen and oxygen atoms in total. The van der Waals surface area contributed by atoms with Gasteiger partial charge in [-0.3, -0.25) is 9.59 Å². The van der Waals surface area contributed by atoms with Crippen LogP contribution in [0.3, 0.4) is 0 Å². The van der Waals surface area contributed by atoms with Crippen molar-refractivity contribution in [3.05, 3.63) is 62.8 Å². The molecule has 156 valence electrons. The smallest absolute Gasteiger partial charge is 0.346 e. The fraction of sp³-hybridized carbons (Fsp3) is 0.136. The summed E-state index contributed by atoms with van der Waals surface area (Å²) < 4.78 is 5.19. The third kappa shape index (κ3) is 2.75. The van der Waals surface area contributed by atoms with Crippen LogP contribution in [0, 0.1) is 0 Å². The molecule has 0 unspecified atom stereocenters. The number of anilines is 2. The van der Waals surface area contributed by atoms with Gasteiger partial charge >= 0.3 is 5.97 Å². The molecule has 31 heavy (non-hydrogen) atoms. The summed E-state index contributed by atoms with van der Waals surface area (Å²) in [7, 11) is 1.54. The highest BCUT2D eigenvalue weighted by atomic mass is 35.5. The lowest BCUT2D eigenvalue weighted by Gasteiger charge is -2.31. The van der Waals surface area contributed by atoms with Crippen LogP contribution in [0.1, 0.15) is 26.5 Å². The highest BCUT2D eigenvalue weighted by molar-refractivity contribution is 7.15. The lowest BCUT2D eigenvalue weighted by atomic mass is 9.74. The number of carbonyl (C=O) groups is 3. The molecular weight excluding hydrogens is 440 g/mol. The van der Waals surface area contributed by atoms with Crippen molar-refractivity contribution in [2.75, 3.05) is 17.7 Å². The van der Waals surface area contributed by atoms with Gasteiger partial charge in [0, 0.05) is 16.3 Å². The molecule has 5 rings (SSSR count). The number of fused-ring (bicyclic) bond motifs is 4. The number of carboxylic acids is 1. The zero-order chi connectivity index (χ0) is 21.9. The van der Waals surface area contributed by atoms with Crippen LogP contribution < -0.4 is 15.4 Å². The molecule has 3 heterocycles. The average Bonchev–Trinajstić information content (AvgIpc) is 3.25. The molecule has 2 aliphatic rings. The Kier molecular flexibility index (Phi) is 4.32. The fourth-order valence-electron chi connectivity index (χ4n) is 4.27. The van der Waals surface area contributed by atoms with Crippen LogP contribution in [-0.2, 0) is 15.0 Å².